The molecular formula is C21H22N2O5S. The molecule has 3 N–H and O–H groups in total. The van der Waals surface area contributed by atoms with E-state index in [0.717, 1.165) is 16.8 Å². The Balaban J connectivity index is 1.88. The number of hydrogen-bond donors (Lipinski definition) is 3. The van der Waals surface area contributed by atoms with Gasteiger partial charge in [-0.3, -0.25) is 0 Å². The topological polar surface area (TPSA) is 112 Å². The van der Waals surface area contributed by atoms with Crippen molar-refractivity contribution in [1.82, 2.24) is 9.97 Å². The molecule has 2 aromatic heterocycles. The van der Waals surface area contributed by atoms with E-state index in [1.807, 2.05) is 13.0 Å². The number of H-pyrrole nitrogens is 2. The Morgan fingerprint density at radius 1 is 1.24 bits per heavy atom. The van der Waals surface area contributed by atoms with Crippen molar-refractivity contribution in [3.63, 3.8) is 0 Å². The van der Waals surface area contributed by atoms with Crippen LogP contribution in [0.2, 0.25) is 0 Å². The fourth-order valence-corrected chi connectivity index (χ4v) is 4.82. The number of allylic oxidation sites excluding steroid dienone is 1. The Bertz CT molecular complexity index is 1280. The second-order valence-corrected chi connectivity index (χ2v) is 9.26. The van der Waals surface area contributed by atoms with E-state index >= 15 is 0 Å². The summed E-state index contributed by atoms with van der Waals surface area (Å²) < 4.78 is 29.8. The highest BCUT2D eigenvalue weighted by Crippen LogP contribution is 2.42. The number of benzene rings is 1. The zero-order valence-electron chi connectivity index (χ0n) is 16.4. The molecule has 0 saturated heterocycles. The number of ether oxygens (including phenoxy) is 1. The highest BCUT2D eigenvalue weighted by molar-refractivity contribution is 7.91. The molecule has 1 aliphatic rings. The maximum Gasteiger partial charge on any atom is 0.340 e. The normalized spacial score (nSPS) is 13.6. The Hall–Kier alpha value is -3.00. The molecule has 152 valence electrons. The van der Waals surface area contributed by atoms with Gasteiger partial charge in [0.1, 0.15) is 0 Å². The highest BCUT2D eigenvalue weighted by atomic mass is 32.2. The summed E-state index contributed by atoms with van der Waals surface area (Å²) >= 11 is 0. The number of hydrogen-bond acceptors (Lipinski definition) is 5. The number of rotatable bonds is 5. The summed E-state index contributed by atoms with van der Waals surface area (Å²) in [5.41, 5.74) is 4.66. The van der Waals surface area contributed by atoms with Crippen molar-refractivity contribution < 1.29 is 23.1 Å². The van der Waals surface area contributed by atoms with Crippen LogP contribution in [0.15, 0.2) is 29.2 Å². The molecule has 0 aliphatic heterocycles. The largest absolute Gasteiger partial charge is 0.494 e. The maximum absolute atomic E-state index is 12.4. The van der Waals surface area contributed by atoms with Gasteiger partial charge in [0.25, 0.3) is 0 Å². The van der Waals surface area contributed by atoms with Crippen LogP contribution < -0.4 is 0 Å². The number of carbonyl (C=O) groups is 1. The van der Waals surface area contributed by atoms with Crippen molar-refractivity contribution in [2.24, 2.45) is 0 Å². The van der Waals surface area contributed by atoms with Gasteiger partial charge >= 0.3 is 5.97 Å². The second kappa shape index (κ2) is 6.81. The van der Waals surface area contributed by atoms with Crippen molar-refractivity contribution in [2.75, 3.05) is 12.4 Å². The van der Waals surface area contributed by atoms with Gasteiger partial charge in [-0.25, -0.2) is 13.2 Å². The molecule has 0 bridgehead atoms. The lowest BCUT2D eigenvalue weighted by Crippen LogP contribution is -2.07. The van der Waals surface area contributed by atoms with Crippen LogP contribution in [-0.2, 0) is 21.0 Å². The fourth-order valence-electron chi connectivity index (χ4n) is 3.91. The van der Waals surface area contributed by atoms with Gasteiger partial charge < -0.3 is 19.8 Å². The van der Waals surface area contributed by atoms with Crippen molar-refractivity contribution >= 4 is 32.3 Å². The van der Waals surface area contributed by atoms with E-state index < -0.39 is 9.84 Å². The van der Waals surface area contributed by atoms with E-state index in [1.54, 1.807) is 26.0 Å². The standard InChI is InChI=1S/C21H22N2O5S/c1-4-28-21(25)17-11(3)22-19-13(17)7-8-14(19)18-15-10-12(29(26,27)5-2)6-9-16(15)23-20(18)24/h6,8-10,22-24H,4-5,7H2,1-3H3. The molecule has 0 saturated carbocycles. The molecular weight excluding hydrogens is 392 g/mol. The van der Waals surface area contributed by atoms with Gasteiger partial charge in [-0.05, 0) is 44.0 Å². The van der Waals surface area contributed by atoms with Crippen molar-refractivity contribution in [3.8, 4) is 5.88 Å². The van der Waals surface area contributed by atoms with Gasteiger partial charge in [0.15, 0.2) is 15.7 Å². The average molecular weight is 414 g/mol. The molecule has 0 unspecified atom stereocenters. The number of aromatic amines is 2. The number of sulfone groups is 1. The number of carbonyl (C=O) groups excluding carboxylic acids is 1. The van der Waals surface area contributed by atoms with Gasteiger partial charge in [0, 0.05) is 22.2 Å². The Morgan fingerprint density at radius 3 is 2.69 bits per heavy atom. The van der Waals surface area contributed by atoms with E-state index in [4.69, 9.17) is 4.74 Å². The van der Waals surface area contributed by atoms with Crippen LogP contribution in [0.3, 0.4) is 0 Å². The van der Waals surface area contributed by atoms with E-state index in [9.17, 15) is 18.3 Å². The quantitative estimate of drug-likeness (QED) is 0.554. The maximum atomic E-state index is 12.4. The van der Waals surface area contributed by atoms with Crippen LogP contribution >= 0.6 is 0 Å². The highest BCUT2D eigenvalue weighted by Gasteiger charge is 2.30. The minimum Gasteiger partial charge on any atom is -0.494 e. The summed E-state index contributed by atoms with van der Waals surface area (Å²) in [5, 5.41) is 11.2. The lowest BCUT2D eigenvalue weighted by Gasteiger charge is -2.05. The monoisotopic (exact) mass is 414 g/mol. The van der Waals surface area contributed by atoms with Crippen LogP contribution in [0.25, 0.3) is 16.5 Å². The third kappa shape index (κ3) is 2.95. The average Bonchev–Trinajstić information content (AvgIpc) is 3.31. The summed E-state index contributed by atoms with van der Waals surface area (Å²) in [4.78, 5) is 18.7. The first-order chi connectivity index (χ1) is 13.8. The van der Waals surface area contributed by atoms with Gasteiger partial charge in [0.2, 0.25) is 0 Å². The first-order valence-corrected chi connectivity index (χ1v) is 11.1. The predicted octanol–water partition coefficient (Wildman–Crippen LogP) is 3.47. The third-order valence-electron chi connectivity index (χ3n) is 5.31. The molecule has 29 heavy (non-hydrogen) atoms. The third-order valence-corrected chi connectivity index (χ3v) is 7.04. The second-order valence-electron chi connectivity index (χ2n) is 6.98. The molecule has 8 heteroatoms. The number of aromatic hydroxyl groups is 1. The predicted molar refractivity (Wildman–Crippen MR) is 110 cm³/mol. The van der Waals surface area contributed by atoms with Gasteiger partial charge in [0.05, 0.1) is 34.1 Å². The molecule has 7 nitrogen and oxygen atoms in total. The van der Waals surface area contributed by atoms with Gasteiger partial charge in [-0.2, -0.15) is 0 Å². The van der Waals surface area contributed by atoms with E-state index in [1.165, 1.54) is 6.07 Å². The van der Waals surface area contributed by atoms with Crippen LogP contribution in [-0.4, -0.2) is 41.8 Å². The smallest absolute Gasteiger partial charge is 0.340 e. The van der Waals surface area contributed by atoms with Crippen LogP contribution in [0, 0.1) is 6.92 Å². The molecule has 4 rings (SSSR count). The molecule has 1 aliphatic carbocycles. The van der Waals surface area contributed by atoms with Crippen molar-refractivity contribution in [1.29, 1.82) is 0 Å². The fraction of sp³-hybridized carbons (Fsp3) is 0.286. The zero-order chi connectivity index (χ0) is 20.9. The van der Waals surface area contributed by atoms with Crippen LogP contribution in [0.5, 0.6) is 5.88 Å². The molecule has 0 radical (unpaired) electrons. The Labute approximate surface area is 168 Å². The molecule has 1 aromatic carbocycles. The molecule has 0 spiro atoms. The van der Waals surface area contributed by atoms with E-state index in [0.29, 0.717) is 34.1 Å². The molecule has 0 amide bonds. The number of nitrogens with one attached hydrogen (secondary N) is 2. The number of fused-ring (bicyclic) bond motifs is 2. The summed E-state index contributed by atoms with van der Waals surface area (Å²) in [7, 11) is -3.39. The summed E-state index contributed by atoms with van der Waals surface area (Å²) in [5.74, 6) is -0.428. The van der Waals surface area contributed by atoms with Gasteiger partial charge in [-0.15, -0.1) is 0 Å². The molecule has 0 atom stereocenters. The first kappa shape index (κ1) is 19.3. The number of aryl methyl sites for hydroxylation is 1. The van der Waals surface area contributed by atoms with Crippen molar-refractivity contribution in [2.45, 2.75) is 32.1 Å². The lowest BCUT2D eigenvalue weighted by molar-refractivity contribution is 0.0524. The molecule has 2 heterocycles. The van der Waals surface area contributed by atoms with Crippen LogP contribution in [0.1, 0.15) is 46.7 Å². The Morgan fingerprint density at radius 2 is 2.00 bits per heavy atom. The number of esters is 1. The zero-order valence-corrected chi connectivity index (χ0v) is 17.2. The Kier molecular flexibility index (Phi) is 4.53. The minimum absolute atomic E-state index is 0.00415. The minimum atomic E-state index is -3.39. The summed E-state index contributed by atoms with van der Waals surface area (Å²) in [6.45, 7) is 5.45. The molecule has 0 fully saturated rings. The van der Waals surface area contributed by atoms with Crippen molar-refractivity contribution in [3.05, 3.63) is 52.4 Å². The lowest BCUT2D eigenvalue weighted by atomic mass is 10.0. The number of aromatic nitrogens is 2. The SMILES string of the molecule is CCOC(=O)c1c(C)[nH]c2c1CC=C2c1c(O)[nH]c2ccc(S(=O)(=O)CC)cc12. The first-order valence-electron chi connectivity index (χ1n) is 9.45. The van der Waals surface area contributed by atoms with E-state index in [-0.39, 0.29) is 29.1 Å². The van der Waals surface area contributed by atoms with E-state index in [2.05, 4.69) is 9.97 Å². The van der Waals surface area contributed by atoms with Gasteiger partial charge in [-0.1, -0.05) is 13.0 Å². The van der Waals surface area contributed by atoms with Crippen LogP contribution in [0.4, 0.5) is 0 Å². The molecule has 3 aromatic rings. The summed E-state index contributed by atoms with van der Waals surface area (Å²) in [6, 6.07) is 4.77. The summed E-state index contributed by atoms with van der Waals surface area (Å²) in [6.07, 6.45) is 2.44.